The van der Waals surface area contributed by atoms with Gasteiger partial charge < -0.3 is 14.7 Å². The molecule has 28 heavy (non-hydrogen) atoms. The lowest BCUT2D eigenvalue weighted by molar-refractivity contribution is -0.153. The number of hydrogen-bond donors (Lipinski definition) is 1. The molecule has 0 aliphatic rings. The van der Waals surface area contributed by atoms with Crippen LogP contribution in [-0.4, -0.2) is 51.7 Å². The molecule has 1 heterocycles. The number of aromatic carboxylic acids is 1. The van der Waals surface area contributed by atoms with E-state index in [9.17, 15) is 22.8 Å². The normalized spacial score (nSPS) is 11.2. The maximum atomic E-state index is 12.4. The third-order valence-corrected chi connectivity index (χ3v) is 3.76. The predicted octanol–water partition coefficient (Wildman–Crippen LogP) is 3.00. The van der Waals surface area contributed by atoms with E-state index >= 15 is 0 Å². The fourth-order valence-corrected chi connectivity index (χ4v) is 2.60. The number of alkyl halides is 3. The van der Waals surface area contributed by atoms with Crippen molar-refractivity contribution >= 4 is 11.9 Å². The van der Waals surface area contributed by atoms with Crippen LogP contribution in [0.5, 0.6) is 5.75 Å². The number of amides is 1. The lowest BCUT2D eigenvalue weighted by Crippen LogP contribution is -2.27. The van der Waals surface area contributed by atoms with Gasteiger partial charge in [-0.05, 0) is 30.5 Å². The van der Waals surface area contributed by atoms with Crippen molar-refractivity contribution in [2.45, 2.75) is 26.6 Å². The Morgan fingerprint density at radius 3 is 2.11 bits per heavy atom. The summed E-state index contributed by atoms with van der Waals surface area (Å²) in [6.07, 6.45) is -2.36. The fourth-order valence-electron chi connectivity index (χ4n) is 2.60. The number of carbonyl (C=O) groups is 2. The van der Waals surface area contributed by atoms with Gasteiger partial charge in [-0.1, -0.05) is 12.1 Å². The summed E-state index contributed by atoms with van der Waals surface area (Å²) in [5.74, 6) is -1.57. The summed E-state index contributed by atoms with van der Waals surface area (Å²) in [5, 5.41) is 8.80. The highest BCUT2D eigenvalue weighted by molar-refractivity contribution is 5.92. The Morgan fingerprint density at radius 2 is 1.64 bits per heavy atom. The molecule has 2 rings (SSSR count). The number of hydrogen-bond acceptors (Lipinski definition) is 5. The van der Waals surface area contributed by atoms with Crippen LogP contribution in [0.3, 0.4) is 0 Å². The Kier molecular flexibility index (Phi) is 6.22. The van der Waals surface area contributed by atoms with Gasteiger partial charge in [0.05, 0.1) is 12.4 Å². The second-order valence-electron chi connectivity index (χ2n) is 6.22. The Hall–Kier alpha value is -3.17. The molecule has 1 aromatic carbocycles. The molecule has 1 N–H and O–H groups in total. The fraction of sp³-hybridized carbons (Fsp3) is 0.333. The quantitative estimate of drug-likeness (QED) is 0.806. The minimum Gasteiger partial charge on any atom is -0.484 e. The topological polar surface area (TPSA) is 92.6 Å². The molecule has 0 atom stereocenters. The van der Waals surface area contributed by atoms with Crippen LogP contribution in [0.15, 0.2) is 24.5 Å². The van der Waals surface area contributed by atoms with E-state index in [4.69, 9.17) is 9.84 Å². The van der Waals surface area contributed by atoms with E-state index in [0.29, 0.717) is 16.7 Å². The van der Waals surface area contributed by atoms with Crippen molar-refractivity contribution in [3.63, 3.8) is 0 Å². The Balaban J connectivity index is 2.11. The first-order valence-electron chi connectivity index (χ1n) is 8.08. The number of carboxylic acids is 1. The molecule has 1 amide bonds. The van der Waals surface area contributed by atoms with Gasteiger partial charge in [0.15, 0.2) is 12.3 Å². The molecule has 0 fully saturated rings. The van der Waals surface area contributed by atoms with Gasteiger partial charge >= 0.3 is 12.1 Å². The van der Waals surface area contributed by atoms with Crippen molar-refractivity contribution in [1.82, 2.24) is 14.9 Å². The summed E-state index contributed by atoms with van der Waals surface area (Å²) in [6.45, 7) is 2.04. The van der Waals surface area contributed by atoms with Gasteiger partial charge in [-0.25, -0.2) is 14.8 Å². The Morgan fingerprint density at radius 1 is 1.11 bits per heavy atom. The van der Waals surface area contributed by atoms with Crippen molar-refractivity contribution in [2.75, 3.05) is 13.7 Å². The molecule has 2 aromatic rings. The summed E-state index contributed by atoms with van der Waals surface area (Å²) < 4.78 is 42.0. The number of aryl methyl sites for hydroxylation is 2. The van der Waals surface area contributed by atoms with Crippen LogP contribution in [-0.2, 0) is 6.54 Å². The summed E-state index contributed by atoms with van der Waals surface area (Å²) in [7, 11) is 1.52. The van der Waals surface area contributed by atoms with Gasteiger partial charge in [0.1, 0.15) is 11.4 Å². The average molecular weight is 397 g/mol. The summed E-state index contributed by atoms with van der Waals surface area (Å²) >= 11 is 0. The molecule has 0 radical (unpaired) electrons. The second-order valence-corrected chi connectivity index (χ2v) is 6.22. The molecular weight excluding hydrogens is 379 g/mol. The summed E-state index contributed by atoms with van der Waals surface area (Å²) in [5.41, 5.74) is 1.43. The molecule has 1 aromatic heterocycles. The summed E-state index contributed by atoms with van der Waals surface area (Å²) in [4.78, 5) is 32.0. The second kappa shape index (κ2) is 8.24. The van der Waals surface area contributed by atoms with Crippen molar-refractivity contribution in [2.24, 2.45) is 0 Å². The standard InChI is InChI=1S/C18H18F3N3O4/c1-10-4-12(5-11(2)15(10)28-9-18(19,20)21)8-24(3)16(25)13-6-23-14(7-22-13)17(26)27/h4-7H,8-9H2,1-3H3,(H,26,27). The number of nitrogens with zero attached hydrogens (tertiary/aromatic N) is 3. The molecule has 0 unspecified atom stereocenters. The van der Waals surface area contributed by atoms with Gasteiger partial charge in [-0.15, -0.1) is 0 Å². The van der Waals surface area contributed by atoms with E-state index < -0.39 is 24.7 Å². The van der Waals surface area contributed by atoms with E-state index in [-0.39, 0.29) is 23.7 Å². The third kappa shape index (κ3) is 5.41. The van der Waals surface area contributed by atoms with Crippen LogP contribution in [0.2, 0.25) is 0 Å². The highest BCUT2D eigenvalue weighted by Crippen LogP contribution is 2.27. The SMILES string of the molecule is Cc1cc(CN(C)C(=O)c2cnc(C(=O)O)cn2)cc(C)c1OCC(F)(F)F. The highest BCUT2D eigenvalue weighted by Gasteiger charge is 2.29. The van der Waals surface area contributed by atoms with Crippen LogP contribution in [0.1, 0.15) is 37.7 Å². The Labute approximate surface area is 158 Å². The zero-order chi connectivity index (χ0) is 21.1. The van der Waals surface area contributed by atoms with Gasteiger partial charge in [0.25, 0.3) is 5.91 Å². The zero-order valence-electron chi connectivity index (χ0n) is 15.4. The minimum atomic E-state index is -4.43. The van der Waals surface area contributed by atoms with Gasteiger partial charge in [-0.2, -0.15) is 13.2 Å². The molecule has 0 bridgehead atoms. The first kappa shape index (κ1) is 21.1. The smallest absolute Gasteiger partial charge is 0.422 e. The lowest BCUT2D eigenvalue weighted by Gasteiger charge is -2.19. The zero-order valence-corrected chi connectivity index (χ0v) is 15.4. The largest absolute Gasteiger partial charge is 0.484 e. The van der Waals surface area contributed by atoms with Crippen molar-refractivity contribution < 1.29 is 32.6 Å². The van der Waals surface area contributed by atoms with Crippen LogP contribution in [0, 0.1) is 13.8 Å². The highest BCUT2D eigenvalue weighted by atomic mass is 19.4. The monoisotopic (exact) mass is 397 g/mol. The minimum absolute atomic E-state index is 0.0222. The van der Waals surface area contributed by atoms with Gasteiger partial charge in [0, 0.05) is 13.6 Å². The van der Waals surface area contributed by atoms with E-state index in [2.05, 4.69) is 9.97 Å². The molecule has 0 saturated carbocycles. The molecule has 150 valence electrons. The number of carboxylic acid groups (broad SMARTS) is 1. The predicted molar refractivity (Wildman–Crippen MR) is 92.3 cm³/mol. The third-order valence-electron chi connectivity index (χ3n) is 3.76. The number of carbonyl (C=O) groups excluding carboxylic acids is 1. The first-order chi connectivity index (χ1) is 13.0. The maximum absolute atomic E-state index is 12.4. The first-order valence-corrected chi connectivity index (χ1v) is 8.08. The molecular formula is C18H18F3N3O4. The lowest BCUT2D eigenvalue weighted by atomic mass is 10.1. The molecule has 7 nitrogen and oxygen atoms in total. The van der Waals surface area contributed by atoms with Crippen LogP contribution in [0.25, 0.3) is 0 Å². The van der Waals surface area contributed by atoms with Crippen molar-refractivity contribution in [1.29, 1.82) is 0 Å². The molecule has 10 heteroatoms. The Bertz CT molecular complexity index is 860. The molecule has 0 aliphatic carbocycles. The van der Waals surface area contributed by atoms with E-state index in [1.54, 1.807) is 26.0 Å². The summed E-state index contributed by atoms with van der Waals surface area (Å²) in [6, 6.07) is 3.28. The van der Waals surface area contributed by atoms with Gasteiger partial charge in [-0.3, -0.25) is 4.79 Å². The maximum Gasteiger partial charge on any atom is 0.422 e. The number of ether oxygens (including phenoxy) is 1. The number of rotatable bonds is 6. The van der Waals surface area contributed by atoms with Gasteiger partial charge in [0.2, 0.25) is 0 Å². The van der Waals surface area contributed by atoms with Crippen LogP contribution < -0.4 is 4.74 Å². The molecule has 0 saturated heterocycles. The number of halogens is 3. The molecule has 0 aliphatic heterocycles. The number of benzene rings is 1. The van der Waals surface area contributed by atoms with Crippen molar-refractivity contribution in [3.05, 3.63) is 52.6 Å². The van der Waals surface area contributed by atoms with E-state index in [1.165, 1.54) is 11.9 Å². The number of aromatic nitrogens is 2. The van der Waals surface area contributed by atoms with E-state index in [1.807, 2.05) is 0 Å². The average Bonchev–Trinajstić information content (AvgIpc) is 2.59. The van der Waals surface area contributed by atoms with Crippen LogP contribution in [0.4, 0.5) is 13.2 Å². The van der Waals surface area contributed by atoms with Crippen molar-refractivity contribution in [3.8, 4) is 5.75 Å². The molecule has 0 spiro atoms. The van der Waals surface area contributed by atoms with E-state index in [0.717, 1.165) is 12.4 Å². The van der Waals surface area contributed by atoms with Crippen LogP contribution >= 0.6 is 0 Å².